The average molecular weight is 344 g/mol. The van der Waals surface area contributed by atoms with Crippen molar-refractivity contribution < 1.29 is 0 Å². The summed E-state index contributed by atoms with van der Waals surface area (Å²) in [4.78, 5) is 4.64. The molecule has 4 heteroatoms. The number of anilines is 1. The Kier molecular flexibility index (Phi) is 3.50. The zero-order chi connectivity index (χ0) is 11.7. The van der Waals surface area contributed by atoms with E-state index in [1.54, 1.807) is 0 Å². The van der Waals surface area contributed by atoms with E-state index in [-0.39, 0.29) is 0 Å². The third-order valence-electron chi connectivity index (χ3n) is 2.52. The fourth-order valence-electron chi connectivity index (χ4n) is 1.69. The number of hydrogen-bond acceptors (Lipinski definition) is 2. The van der Waals surface area contributed by atoms with Gasteiger partial charge in [-0.2, -0.15) is 0 Å². The van der Waals surface area contributed by atoms with Crippen LogP contribution in [0.2, 0.25) is 0 Å². The maximum absolute atomic E-state index is 4.64. The van der Waals surface area contributed by atoms with Crippen LogP contribution in [0.15, 0.2) is 27.1 Å². The summed E-state index contributed by atoms with van der Waals surface area (Å²) in [5.74, 6) is 0. The van der Waals surface area contributed by atoms with Gasteiger partial charge >= 0.3 is 0 Å². The summed E-state index contributed by atoms with van der Waals surface area (Å²) in [6.45, 7) is 2.11. The van der Waals surface area contributed by atoms with Crippen LogP contribution in [0.3, 0.4) is 0 Å². The number of halogens is 2. The number of fused-ring (bicyclic) bond motifs is 1. The predicted octanol–water partition coefficient (Wildman–Crippen LogP) is 4.36. The minimum absolute atomic E-state index is 0.938. The molecule has 0 aliphatic carbocycles. The predicted molar refractivity (Wildman–Crippen MR) is 76.1 cm³/mol. The van der Waals surface area contributed by atoms with Gasteiger partial charge in [0.15, 0.2) is 0 Å². The van der Waals surface area contributed by atoms with Crippen molar-refractivity contribution in [2.45, 2.75) is 13.3 Å². The van der Waals surface area contributed by atoms with E-state index >= 15 is 0 Å². The zero-order valence-corrected chi connectivity index (χ0v) is 12.3. The summed E-state index contributed by atoms with van der Waals surface area (Å²) in [5, 5.41) is 4.34. The monoisotopic (exact) mass is 342 g/mol. The Labute approximate surface area is 112 Å². The molecule has 0 amide bonds. The van der Waals surface area contributed by atoms with Gasteiger partial charge in [0.2, 0.25) is 0 Å². The molecule has 84 valence electrons. The minimum Gasteiger partial charge on any atom is -0.388 e. The van der Waals surface area contributed by atoms with Gasteiger partial charge in [-0.15, -0.1) is 0 Å². The molecule has 0 spiro atoms. The van der Waals surface area contributed by atoms with Crippen molar-refractivity contribution in [2.75, 3.05) is 12.4 Å². The second-order valence-corrected chi connectivity index (χ2v) is 5.32. The first-order chi connectivity index (χ1) is 7.65. The van der Waals surface area contributed by atoms with E-state index in [0.29, 0.717) is 0 Å². The Bertz CT molecular complexity index is 538. The van der Waals surface area contributed by atoms with Crippen molar-refractivity contribution >= 4 is 48.5 Å². The van der Waals surface area contributed by atoms with Crippen LogP contribution in [-0.2, 0) is 6.42 Å². The average Bonchev–Trinajstić information content (AvgIpc) is 2.28. The lowest BCUT2D eigenvalue weighted by molar-refractivity contribution is 1.06. The summed E-state index contributed by atoms with van der Waals surface area (Å²) in [6.07, 6.45) is 0.938. The first kappa shape index (κ1) is 11.9. The Hall–Kier alpha value is -0.610. The smallest absolute Gasteiger partial charge is 0.0868 e. The van der Waals surface area contributed by atoms with Crippen LogP contribution in [0, 0.1) is 0 Å². The molecule has 16 heavy (non-hydrogen) atoms. The lowest BCUT2D eigenvalue weighted by atomic mass is 10.1. The van der Waals surface area contributed by atoms with E-state index in [1.807, 2.05) is 13.1 Å². The summed E-state index contributed by atoms with van der Waals surface area (Å²) < 4.78 is 2.07. The summed E-state index contributed by atoms with van der Waals surface area (Å²) >= 11 is 7.05. The second kappa shape index (κ2) is 4.72. The Balaban J connectivity index is 2.83. The van der Waals surface area contributed by atoms with Gasteiger partial charge in [0.1, 0.15) is 0 Å². The van der Waals surface area contributed by atoms with E-state index in [9.17, 15) is 0 Å². The number of rotatable bonds is 2. The molecule has 2 aromatic rings. The van der Waals surface area contributed by atoms with E-state index < -0.39 is 0 Å². The molecule has 0 bridgehead atoms. The molecule has 0 aliphatic heterocycles. The lowest BCUT2D eigenvalue weighted by Crippen LogP contribution is -1.96. The Morgan fingerprint density at radius 3 is 2.62 bits per heavy atom. The molecule has 1 aromatic carbocycles. The van der Waals surface area contributed by atoms with E-state index in [0.717, 1.165) is 37.7 Å². The third kappa shape index (κ3) is 2.09. The number of nitrogens with zero attached hydrogens (tertiary/aromatic N) is 1. The Morgan fingerprint density at radius 1 is 1.25 bits per heavy atom. The van der Waals surface area contributed by atoms with Crippen LogP contribution in [-0.4, -0.2) is 12.0 Å². The largest absolute Gasteiger partial charge is 0.388 e. The minimum atomic E-state index is 0.938. The maximum Gasteiger partial charge on any atom is 0.0868 e. The highest BCUT2D eigenvalue weighted by Gasteiger charge is 2.08. The topological polar surface area (TPSA) is 24.9 Å². The highest BCUT2D eigenvalue weighted by Crippen LogP contribution is 2.32. The molecule has 0 saturated carbocycles. The van der Waals surface area contributed by atoms with Crippen LogP contribution in [0.5, 0.6) is 0 Å². The highest BCUT2D eigenvalue weighted by molar-refractivity contribution is 9.11. The van der Waals surface area contributed by atoms with Crippen molar-refractivity contribution in [1.82, 2.24) is 4.98 Å². The molecule has 1 heterocycles. The lowest BCUT2D eigenvalue weighted by Gasteiger charge is -2.10. The normalized spacial score (nSPS) is 10.8. The van der Waals surface area contributed by atoms with E-state index in [4.69, 9.17) is 0 Å². The van der Waals surface area contributed by atoms with E-state index in [2.05, 4.69) is 61.2 Å². The molecule has 0 unspecified atom stereocenters. The summed E-state index contributed by atoms with van der Waals surface area (Å²) in [5.41, 5.74) is 3.22. The first-order valence-electron chi connectivity index (χ1n) is 5.12. The van der Waals surface area contributed by atoms with Crippen molar-refractivity contribution in [1.29, 1.82) is 0 Å². The molecule has 2 nitrogen and oxygen atoms in total. The third-order valence-corrected chi connectivity index (χ3v) is 3.58. The van der Waals surface area contributed by atoms with Gasteiger partial charge in [-0.25, -0.2) is 0 Å². The van der Waals surface area contributed by atoms with Crippen molar-refractivity contribution in [3.63, 3.8) is 0 Å². The molecule has 0 atom stereocenters. The number of benzene rings is 1. The summed E-state index contributed by atoms with van der Waals surface area (Å²) in [7, 11) is 1.93. The number of pyridine rings is 1. The van der Waals surface area contributed by atoms with Crippen molar-refractivity contribution in [3.8, 4) is 0 Å². The first-order valence-corrected chi connectivity index (χ1v) is 6.70. The van der Waals surface area contributed by atoms with Crippen LogP contribution in [0.1, 0.15) is 12.6 Å². The molecule has 1 N–H and O–H groups in total. The quantitative estimate of drug-likeness (QED) is 0.876. The zero-order valence-electron chi connectivity index (χ0n) is 9.14. The molecule has 0 saturated heterocycles. The second-order valence-electron chi connectivity index (χ2n) is 3.55. The highest BCUT2D eigenvalue weighted by atomic mass is 79.9. The molecule has 0 aliphatic rings. The van der Waals surface area contributed by atoms with Gasteiger partial charge in [-0.3, -0.25) is 4.98 Å². The molecular weight excluding hydrogens is 332 g/mol. The van der Waals surface area contributed by atoms with Crippen LogP contribution in [0.4, 0.5) is 5.69 Å². The van der Waals surface area contributed by atoms with Gasteiger partial charge in [0, 0.05) is 32.8 Å². The fraction of sp³-hybridized carbons (Fsp3) is 0.250. The summed E-state index contributed by atoms with van der Waals surface area (Å²) in [6, 6.07) is 6.20. The number of nitrogens with one attached hydrogen (secondary N) is 1. The molecule has 0 radical (unpaired) electrons. The van der Waals surface area contributed by atoms with Crippen molar-refractivity contribution in [2.24, 2.45) is 0 Å². The number of aromatic nitrogens is 1. The van der Waals surface area contributed by atoms with E-state index in [1.165, 1.54) is 0 Å². The fourth-order valence-corrected chi connectivity index (χ4v) is 3.01. The van der Waals surface area contributed by atoms with Crippen LogP contribution in [0.25, 0.3) is 10.9 Å². The molecular formula is C12H12Br2N2. The molecule has 1 aromatic heterocycles. The molecule has 2 rings (SSSR count). The van der Waals surface area contributed by atoms with Crippen LogP contribution < -0.4 is 5.32 Å². The molecule has 0 fully saturated rings. The number of aryl methyl sites for hydroxylation is 1. The Morgan fingerprint density at radius 2 is 2.00 bits per heavy atom. The van der Waals surface area contributed by atoms with Gasteiger partial charge < -0.3 is 5.32 Å². The van der Waals surface area contributed by atoms with Gasteiger partial charge in [0.05, 0.1) is 5.52 Å². The SMILES string of the molecule is CCc1cc(NC)c2cc(Br)cc(Br)c2n1. The van der Waals surface area contributed by atoms with Crippen LogP contribution >= 0.6 is 31.9 Å². The van der Waals surface area contributed by atoms with Gasteiger partial charge in [0.25, 0.3) is 0 Å². The van der Waals surface area contributed by atoms with Gasteiger partial charge in [-0.1, -0.05) is 22.9 Å². The van der Waals surface area contributed by atoms with Gasteiger partial charge in [-0.05, 0) is 40.5 Å². The van der Waals surface area contributed by atoms with Crippen molar-refractivity contribution in [3.05, 3.63) is 32.8 Å². The number of hydrogen-bond donors (Lipinski definition) is 1. The standard InChI is InChI=1S/C12H12Br2N2/c1-3-8-6-11(15-2)9-4-7(13)5-10(14)12(9)16-8/h4-6H,3H2,1-2H3,(H,15,16). The maximum atomic E-state index is 4.64.